The van der Waals surface area contributed by atoms with Crippen LogP contribution in [0.4, 0.5) is 0 Å². The van der Waals surface area contributed by atoms with Crippen LogP contribution in [0.3, 0.4) is 0 Å². The monoisotopic (exact) mass is 390 g/mol. The molecular weight excluding hydrogens is 359 g/mol. The van der Waals surface area contributed by atoms with E-state index in [0.717, 1.165) is 16.6 Å². The summed E-state index contributed by atoms with van der Waals surface area (Å²) in [6.07, 6.45) is 0.276. The molecule has 1 aromatic rings. The number of nitrogens with one attached hydrogen (secondary N) is 1. The van der Waals surface area contributed by atoms with Gasteiger partial charge in [-0.15, -0.1) is 0 Å². The van der Waals surface area contributed by atoms with Crippen molar-refractivity contribution in [2.24, 2.45) is 5.73 Å². The first-order valence-electron chi connectivity index (χ1n) is 9.47. The number of rotatable bonds is 6. The van der Waals surface area contributed by atoms with E-state index in [1.165, 1.54) is 7.11 Å². The summed E-state index contributed by atoms with van der Waals surface area (Å²) >= 11 is 0. The van der Waals surface area contributed by atoms with Gasteiger partial charge in [0.1, 0.15) is 6.04 Å². The van der Waals surface area contributed by atoms with Gasteiger partial charge < -0.3 is 25.1 Å². The molecule has 28 heavy (non-hydrogen) atoms. The zero-order valence-corrected chi connectivity index (χ0v) is 17.8. The average molecular weight is 390 g/mol. The fourth-order valence-corrected chi connectivity index (χ4v) is 2.92. The third-order valence-corrected chi connectivity index (χ3v) is 5.51. The Morgan fingerprint density at radius 3 is 2.29 bits per heavy atom. The summed E-state index contributed by atoms with van der Waals surface area (Å²) in [6.45, 7) is 11.6. The van der Waals surface area contributed by atoms with Crippen molar-refractivity contribution in [3.05, 3.63) is 29.3 Å². The largest absolute Gasteiger partial charge is 0.495 e. The lowest BCUT2D eigenvalue weighted by Gasteiger charge is -2.32. The summed E-state index contributed by atoms with van der Waals surface area (Å²) in [4.78, 5) is 24.1. The molecule has 8 heteroatoms. The van der Waals surface area contributed by atoms with Crippen molar-refractivity contribution in [3.8, 4) is 0 Å². The van der Waals surface area contributed by atoms with E-state index in [1.807, 2.05) is 52.8 Å². The van der Waals surface area contributed by atoms with Crippen LogP contribution in [0.5, 0.6) is 0 Å². The predicted octanol–water partition coefficient (Wildman–Crippen LogP) is 0.842. The van der Waals surface area contributed by atoms with Gasteiger partial charge in [-0.2, -0.15) is 0 Å². The summed E-state index contributed by atoms with van der Waals surface area (Å²) < 4.78 is 17.1. The van der Waals surface area contributed by atoms with E-state index in [0.29, 0.717) is 0 Å². The maximum atomic E-state index is 12.1. The molecule has 3 N–H and O–H groups in total. The summed E-state index contributed by atoms with van der Waals surface area (Å²) in [6, 6.07) is 4.28. The molecule has 0 aliphatic carbocycles. The van der Waals surface area contributed by atoms with Gasteiger partial charge in [0.15, 0.2) is 0 Å². The van der Waals surface area contributed by atoms with Crippen molar-refractivity contribution < 1.29 is 23.6 Å². The Morgan fingerprint density at radius 1 is 1.21 bits per heavy atom. The van der Waals surface area contributed by atoms with Crippen LogP contribution in [0.2, 0.25) is 0 Å². The quantitative estimate of drug-likeness (QED) is 0.552. The van der Waals surface area contributed by atoms with Crippen molar-refractivity contribution in [2.75, 3.05) is 7.11 Å². The highest BCUT2D eigenvalue weighted by molar-refractivity contribution is 6.62. The highest BCUT2D eigenvalue weighted by atomic mass is 16.7. The Morgan fingerprint density at radius 2 is 1.79 bits per heavy atom. The second kappa shape index (κ2) is 8.23. The van der Waals surface area contributed by atoms with E-state index >= 15 is 0 Å². The Kier molecular flexibility index (Phi) is 6.58. The van der Waals surface area contributed by atoms with Crippen LogP contribution >= 0.6 is 0 Å². The van der Waals surface area contributed by atoms with Crippen molar-refractivity contribution in [3.63, 3.8) is 0 Å². The minimum atomic E-state index is -0.822. The Labute approximate surface area is 167 Å². The van der Waals surface area contributed by atoms with Gasteiger partial charge in [-0.05, 0) is 52.6 Å². The molecule has 1 aliphatic rings. The molecular formula is C20H31BN2O5. The first-order chi connectivity index (χ1) is 12.9. The molecule has 0 unspecified atom stereocenters. The molecule has 2 rings (SSSR count). The van der Waals surface area contributed by atoms with E-state index in [2.05, 4.69) is 5.32 Å². The standard InChI is InChI=1S/C20H31BN2O5/c1-12-8-9-14(11-16(18(25)26-7)23-17(24)13(2)22)10-15(12)21-27-19(3,4)20(5,6)28-21/h8-10,13,16H,11,22H2,1-7H3,(H,23,24)/t13-,16-/m0/s1. The number of hydrogen-bond donors (Lipinski definition) is 2. The molecule has 0 bridgehead atoms. The van der Waals surface area contributed by atoms with E-state index < -0.39 is 42.3 Å². The number of hydrogen-bond acceptors (Lipinski definition) is 6. The molecule has 1 aliphatic heterocycles. The normalized spacial score (nSPS) is 19.8. The third-order valence-electron chi connectivity index (χ3n) is 5.51. The van der Waals surface area contributed by atoms with E-state index in [4.69, 9.17) is 19.8 Å². The second-order valence-electron chi connectivity index (χ2n) is 8.36. The van der Waals surface area contributed by atoms with Crippen molar-refractivity contribution in [1.82, 2.24) is 5.32 Å². The van der Waals surface area contributed by atoms with Crippen molar-refractivity contribution in [1.29, 1.82) is 0 Å². The number of methoxy groups -OCH3 is 1. The number of benzene rings is 1. The lowest BCUT2D eigenvalue weighted by molar-refractivity contribution is -0.145. The van der Waals surface area contributed by atoms with Crippen LogP contribution in [0.25, 0.3) is 0 Å². The lowest BCUT2D eigenvalue weighted by atomic mass is 9.75. The van der Waals surface area contributed by atoms with Gasteiger partial charge in [-0.25, -0.2) is 4.79 Å². The van der Waals surface area contributed by atoms with E-state index in [9.17, 15) is 9.59 Å². The van der Waals surface area contributed by atoms with Gasteiger partial charge in [-0.3, -0.25) is 4.79 Å². The number of nitrogens with two attached hydrogens (primary N) is 1. The van der Waals surface area contributed by atoms with Crippen LogP contribution in [0, 0.1) is 6.92 Å². The van der Waals surface area contributed by atoms with Crippen LogP contribution in [0.15, 0.2) is 18.2 Å². The topological polar surface area (TPSA) is 99.9 Å². The first-order valence-corrected chi connectivity index (χ1v) is 9.47. The van der Waals surface area contributed by atoms with Gasteiger partial charge in [0.05, 0.1) is 24.4 Å². The minimum absolute atomic E-state index is 0.276. The van der Waals surface area contributed by atoms with Gasteiger partial charge in [0.25, 0.3) is 0 Å². The smallest absolute Gasteiger partial charge is 0.467 e. The molecule has 1 fully saturated rings. The van der Waals surface area contributed by atoms with Crippen molar-refractivity contribution >= 4 is 24.5 Å². The number of esters is 1. The lowest BCUT2D eigenvalue weighted by Crippen LogP contribution is -2.48. The van der Waals surface area contributed by atoms with Crippen LogP contribution in [-0.4, -0.2) is 49.4 Å². The number of carbonyl (C=O) groups is 2. The zero-order valence-electron chi connectivity index (χ0n) is 17.8. The molecule has 0 spiro atoms. The van der Waals surface area contributed by atoms with Crippen LogP contribution in [0.1, 0.15) is 45.7 Å². The number of carbonyl (C=O) groups excluding carboxylic acids is 2. The number of ether oxygens (including phenoxy) is 1. The molecule has 2 atom stereocenters. The SMILES string of the molecule is COC(=O)[C@H](Cc1ccc(C)c(B2OC(C)(C)C(C)(C)O2)c1)NC(=O)[C@H](C)N. The summed E-state index contributed by atoms with van der Waals surface area (Å²) in [7, 11) is 0.790. The van der Waals surface area contributed by atoms with Crippen molar-refractivity contribution in [2.45, 2.75) is 71.2 Å². The summed E-state index contributed by atoms with van der Waals surface area (Å²) in [5, 5.41) is 2.64. The maximum Gasteiger partial charge on any atom is 0.495 e. The first kappa shape index (κ1) is 22.4. The van der Waals surface area contributed by atoms with Gasteiger partial charge >= 0.3 is 13.1 Å². The van der Waals surface area contributed by atoms with Crippen LogP contribution < -0.4 is 16.5 Å². The highest BCUT2D eigenvalue weighted by Gasteiger charge is 2.52. The Hall–Kier alpha value is -1.90. The molecule has 0 radical (unpaired) electrons. The molecule has 0 aromatic heterocycles. The summed E-state index contributed by atoms with van der Waals surface area (Å²) in [5.74, 6) is -0.930. The fraction of sp³-hybridized carbons (Fsp3) is 0.600. The molecule has 0 saturated carbocycles. The van der Waals surface area contributed by atoms with Crippen LogP contribution in [-0.2, 0) is 30.1 Å². The third kappa shape index (κ3) is 4.74. The minimum Gasteiger partial charge on any atom is -0.467 e. The summed E-state index contributed by atoms with van der Waals surface area (Å²) in [5.41, 5.74) is 7.49. The average Bonchev–Trinajstić information content (AvgIpc) is 2.82. The maximum absolute atomic E-state index is 12.1. The van der Waals surface area contributed by atoms with E-state index in [1.54, 1.807) is 6.92 Å². The van der Waals surface area contributed by atoms with Gasteiger partial charge in [0.2, 0.25) is 5.91 Å². The highest BCUT2D eigenvalue weighted by Crippen LogP contribution is 2.36. The molecule has 1 amide bonds. The molecule has 1 saturated heterocycles. The molecule has 1 heterocycles. The molecule has 7 nitrogen and oxygen atoms in total. The Bertz CT molecular complexity index is 732. The molecule has 154 valence electrons. The van der Waals surface area contributed by atoms with Gasteiger partial charge in [-0.1, -0.05) is 23.8 Å². The van der Waals surface area contributed by atoms with Gasteiger partial charge in [0, 0.05) is 6.42 Å². The second-order valence-corrected chi connectivity index (χ2v) is 8.36. The van der Waals surface area contributed by atoms with E-state index in [-0.39, 0.29) is 6.42 Å². The zero-order chi connectivity index (χ0) is 21.3. The predicted molar refractivity (Wildman–Crippen MR) is 108 cm³/mol. The molecule has 1 aromatic carbocycles. The number of amides is 1. The number of aryl methyl sites for hydroxylation is 1. The fourth-order valence-electron chi connectivity index (χ4n) is 2.92. The Balaban J connectivity index is 2.26.